The summed E-state index contributed by atoms with van der Waals surface area (Å²) in [5, 5.41) is 9.15. The highest BCUT2D eigenvalue weighted by atomic mass is 35.5. The first-order valence-corrected chi connectivity index (χ1v) is 5.78. The van der Waals surface area contributed by atoms with Gasteiger partial charge in [-0.05, 0) is 26.8 Å². The van der Waals surface area contributed by atoms with Crippen LogP contribution in [0.2, 0.25) is 5.02 Å². The number of nitrogens with zero attached hydrogens (tertiary/aromatic N) is 3. The molecule has 0 aliphatic rings. The third-order valence-corrected chi connectivity index (χ3v) is 2.23. The van der Waals surface area contributed by atoms with Crippen LogP contribution in [0.5, 0.6) is 5.88 Å². The summed E-state index contributed by atoms with van der Waals surface area (Å²) in [7, 11) is 0. The Morgan fingerprint density at radius 2 is 2.28 bits per heavy atom. The fraction of sp³-hybridized carbons (Fsp3) is 0.417. The zero-order valence-electron chi connectivity index (χ0n) is 10.5. The van der Waals surface area contributed by atoms with Gasteiger partial charge >= 0.3 is 0 Å². The fourth-order valence-electron chi connectivity index (χ4n) is 1.25. The summed E-state index contributed by atoms with van der Waals surface area (Å²) in [6, 6.07) is 3.31. The number of rotatable bonds is 4. The van der Waals surface area contributed by atoms with Crippen molar-refractivity contribution in [2.75, 3.05) is 6.61 Å². The van der Waals surface area contributed by atoms with Gasteiger partial charge < -0.3 is 9.47 Å². The predicted molar refractivity (Wildman–Crippen MR) is 68.6 cm³/mol. The molecule has 1 aromatic rings. The van der Waals surface area contributed by atoms with Crippen molar-refractivity contribution >= 4 is 17.5 Å². The van der Waals surface area contributed by atoms with E-state index >= 15 is 0 Å². The number of nitriles is 1. The maximum absolute atomic E-state index is 8.62. The molecule has 1 heterocycles. The summed E-state index contributed by atoms with van der Waals surface area (Å²) in [5.74, 6) is 0.596. The first-order valence-electron chi connectivity index (χ1n) is 5.40. The van der Waals surface area contributed by atoms with E-state index < -0.39 is 5.60 Å². The van der Waals surface area contributed by atoms with E-state index in [1.807, 2.05) is 6.92 Å². The molecule has 1 aromatic heterocycles. The molecule has 0 atom stereocenters. The van der Waals surface area contributed by atoms with Crippen LogP contribution in [-0.4, -0.2) is 23.1 Å². The Labute approximate surface area is 111 Å². The maximum atomic E-state index is 8.62. The van der Waals surface area contributed by atoms with Crippen LogP contribution in [-0.2, 0) is 4.74 Å². The molecule has 0 saturated carbocycles. The Kier molecular flexibility index (Phi) is 4.93. The summed E-state index contributed by atoms with van der Waals surface area (Å²) >= 11 is 5.74. The third kappa shape index (κ3) is 3.90. The third-order valence-electron chi connectivity index (χ3n) is 2.01. The van der Waals surface area contributed by atoms with Crippen molar-refractivity contribution in [2.45, 2.75) is 26.4 Å². The van der Waals surface area contributed by atoms with E-state index in [4.69, 9.17) is 26.3 Å². The van der Waals surface area contributed by atoms with Crippen molar-refractivity contribution in [1.29, 1.82) is 5.26 Å². The first kappa shape index (κ1) is 14.3. The quantitative estimate of drug-likeness (QED) is 0.478. The average molecular weight is 268 g/mol. The van der Waals surface area contributed by atoms with E-state index in [-0.39, 0.29) is 5.90 Å². The highest BCUT2D eigenvalue weighted by molar-refractivity contribution is 6.30. The topological polar surface area (TPSA) is 67.5 Å². The number of ether oxygens (including phenoxy) is 2. The van der Waals surface area contributed by atoms with Gasteiger partial charge in [0.25, 0.3) is 0 Å². The lowest BCUT2D eigenvalue weighted by molar-refractivity contribution is 0.134. The molecule has 0 fully saturated rings. The van der Waals surface area contributed by atoms with Crippen LogP contribution in [0.15, 0.2) is 23.3 Å². The van der Waals surface area contributed by atoms with Gasteiger partial charge in [0, 0.05) is 12.3 Å². The van der Waals surface area contributed by atoms with Crippen molar-refractivity contribution in [2.24, 2.45) is 4.99 Å². The smallest absolute Gasteiger partial charge is 0.243 e. The molecule has 0 aliphatic heterocycles. The summed E-state index contributed by atoms with van der Waals surface area (Å²) < 4.78 is 10.9. The minimum absolute atomic E-state index is 0.212. The van der Waals surface area contributed by atoms with Crippen LogP contribution < -0.4 is 4.74 Å². The van der Waals surface area contributed by atoms with E-state index in [9.17, 15) is 0 Å². The zero-order valence-corrected chi connectivity index (χ0v) is 11.2. The van der Waals surface area contributed by atoms with Crippen LogP contribution in [0.1, 0.15) is 20.8 Å². The molecule has 0 bridgehead atoms. The van der Waals surface area contributed by atoms with Crippen molar-refractivity contribution in [3.8, 4) is 12.1 Å². The highest BCUT2D eigenvalue weighted by Crippen LogP contribution is 2.19. The van der Waals surface area contributed by atoms with E-state index in [1.54, 1.807) is 32.2 Å². The van der Waals surface area contributed by atoms with Gasteiger partial charge in [0.15, 0.2) is 5.60 Å². The lowest BCUT2D eigenvalue weighted by Gasteiger charge is -2.25. The summed E-state index contributed by atoms with van der Waals surface area (Å²) in [5.41, 5.74) is -0.882. The highest BCUT2D eigenvalue weighted by Gasteiger charge is 2.30. The molecule has 0 amide bonds. The second-order valence-electron chi connectivity index (χ2n) is 3.88. The van der Waals surface area contributed by atoms with Crippen molar-refractivity contribution < 1.29 is 9.47 Å². The standard InChI is InChI=1S/C12H14ClN3O2/c1-4-17-11(16-8-14)12(2,3)18-10-6-5-9(13)7-15-10/h5-7H,4H2,1-3H3. The van der Waals surface area contributed by atoms with Crippen LogP contribution in [0.4, 0.5) is 0 Å². The normalized spacial score (nSPS) is 11.8. The van der Waals surface area contributed by atoms with Crippen LogP contribution >= 0.6 is 11.6 Å². The van der Waals surface area contributed by atoms with E-state index in [0.29, 0.717) is 17.5 Å². The van der Waals surface area contributed by atoms with Crippen molar-refractivity contribution in [3.05, 3.63) is 23.4 Å². The number of hydrogen-bond donors (Lipinski definition) is 0. The molecule has 0 radical (unpaired) electrons. The summed E-state index contributed by atoms with van der Waals surface area (Å²) in [4.78, 5) is 7.64. The molecule has 18 heavy (non-hydrogen) atoms. The second-order valence-corrected chi connectivity index (χ2v) is 4.31. The van der Waals surface area contributed by atoms with Gasteiger partial charge in [-0.3, -0.25) is 0 Å². The molecular formula is C12H14ClN3O2. The number of pyridine rings is 1. The molecule has 6 heteroatoms. The molecule has 0 spiro atoms. The Balaban J connectivity index is 2.89. The number of aliphatic imine (C=N–C) groups is 1. The lowest BCUT2D eigenvalue weighted by atomic mass is 10.1. The molecule has 0 aromatic carbocycles. The number of halogens is 1. The van der Waals surface area contributed by atoms with Gasteiger partial charge in [0.2, 0.25) is 18.0 Å². The lowest BCUT2D eigenvalue weighted by Crippen LogP contribution is -2.40. The van der Waals surface area contributed by atoms with Crippen LogP contribution in [0.3, 0.4) is 0 Å². The predicted octanol–water partition coefficient (Wildman–Crippen LogP) is 2.81. The van der Waals surface area contributed by atoms with Gasteiger partial charge in [-0.1, -0.05) is 11.6 Å². The summed E-state index contributed by atoms with van der Waals surface area (Å²) in [6.07, 6.45) is 3.18. The molecule has 0 saturated heterocycles. The molecule has 5 nitrogen and oxygen atoms in total. The molecular weight excluding hydrogens is 254 g/mol. The maximum Gasteiger partial charge on any atom is 0.243 e. The van der Waals surface area contributed by atoms with Crippen LogP contribution in [0, 0.1) is 11.5 Å². The van der Waals surface area contributed by atoms with Gasteiger partial charge in [0.05, 0.1) is 11.6 Å². The van der Waals surface area contributed by atoms with E-state index in [1.165, 1.54) is 6.20 Å². The Bertz CT molecular complexity index is 463. The molecule has 0 aliphatic carbocycles. The van der Waals surface area contributed by atoms with E-state index in [0.717, 1.165) is 0 Å². The average Bonchev–Trinajstić information content (AvgIpc) is 2.32. The van der Waals surface area contributed by atoms with Gasteiger partial charge in [-0.2, -0.15) is 5.26 Å². The zero-order chi connectivity index (χ0) is 13.6. The Morgan fingerprint density at radius 1 is 1.56 bits per heavy atom. The van der Waals surface area contributed by atoms with Crippen LogP contribution in [0.25, 0.3) is 0 Å². The first-order chi connectivity index (χ1) is 8.49. The number of aromatic nitrogens is 1. The minimum atomic E-state index is -0.882. The monoisotopic (exact) mass is 267 g/mol. The largest absolute Gasteiger partial charge is 0.478 e. The molecule has 0 N–H and O–H groups in total. The van der Waals surface area contributed by atoms with Gasteiger partial charge in [0.1, 0.15) is 0 Å². The summed E-state index contributed by atoms with van der Waals surface area (Å²) in [6.45, 7) is 5.70. The van der Waals surface area contributed by atoms with Gasteiger partial charge in [-0.25, -0.2) is 4.98 Å². The van der Waals surface area contributed by atoms with Gasteiger partial charge in [-0.15, -0.1) is 4.99 Å². The second kappa shape index (κ2) is 6.22. The SMILES string of the molecule is CCOC(=NC#N)C(C)(C)Oc1ccc(Cl)cn1. The molecule has 0 unspecified atom stereocenters. The minimum Gasteiger partial charge on any atom is -0.478 e. The van der Waals surface area contributed by atoms with E-state index in [2.05, 4.69) is 9.98 Å². The van der Waals surface area contributed by atoms with Crippen molar-refractivity contribution in [3.63, 3.8) is 0 Å². The van der Waals surface area contributed by atoms with Crippen molar-refractivity contribution in [1.82, 2.24) is 4.98 Å². The fourth-order valence-corrected chi connectivity index (χ4v) is 1.36. The Hall–Kier alpha value is -1.80. The molecule has 96 valence electrons. The Morgan fingerprint density at radius 3 is 2.78 bits per heavy atom. The molecule has 1 rings (SSSR count). The number of hydrogen-bond acceptors (Lipinski definition) is 5.